The summed E-state index contributed by atoms with van der Waals surface area (Å²) in [7, 11) is 0. The van der Waals surface area contributed by atoms with Gasteiger partial charge in [0.2, 0.25) is 0 Å². The van der Waals surface area contributed by atoms with Crippen molar-refractivity contribution in [2.75, 3.05) is 4.90 Å². The lowest BCUT2D eigenvalue weighted by Crippen LogP contribution is -2.17. The average molecular weight is 676 g/mol. The van der Waals surface area contributed by atoms with E-state index in [1.165, 1.54) is 113 Å². The van der Waals surface area contributed by atoms with E-state index in [2.05, 4.69) is 164 Å². The second-order valence-corrected chi connectivity index (χ2v) is 16.2. The van der Waals surface area contributed by atoms with Gasteiger partial charge in [-0.3, -0.25) is 0 Å². The third kappa shape index (κ3) is 4.80. The molecule has 2 aliphatic rings. The second-order valence-electron chi connectivity index (χ2n) is 15.1. The predicted octanol–water partition coefficient (Wildman–Crippen LogP) is 14.7. The fraction of sp³-hybridized carbons (Fsp3) is 0.184. The molecule has 0 N–H and O–H groups in total. The van der Waals surface area contributed by atoms with E-state index in [9.17, 15) is 0 Å². The van der Waals surface area contributed by atoms with Crippen LogP contribution in [0.2, 0.25) is 0 Å². The molecule has 7 aromatic carbocycles. The third-order valence-corrected chi connectivity index (χ3v) is 13.0. The Hall–Kier alpha value is -5.18. The fourth-order valence-electron chi connectivity index (χ4n) is 9.40. The molecule has 0 radical (unpaired) electrons. The maximum absolute atomic E-state index is 2.57. The molecule has 0 spiro atoms. The van der Waals surface area contributed by atoms with E-state index in [1.807, 2.05) is 11.3 Å². The third-order valence-electron chi connectivity index (χ3n) is 11.9. The smallest absolute Gasteiger partial charge is 0.0555 e. The first-order valence-electron chi connectivity index (χ1n) is 18.6. The lowest BCUT2D eigenvalue weighted by Gasteiger charge is -2.31. The molecule has 0 amide bonds. The highest BCUT2D eigenvalue weighted by atomic mass is 32.1. The molecule has 0 bridgehead atoms. The van der Waals surface area contributed by atoms with E-state index >= 15 is 0 Å². The molecule has 0 atom stereocenters. The Morgan fingerprint density at radius 2 is 1.31 bits per heavy atom. The zero-order chi connectivity index (χ0) is 34.1. The first-order chi connectivity index (χ1) is 25.1. The maximum atomic E-state index is 2.57. The van der Waals surface area contributed by atoms with Gasteiger partial charge in [0.1, 0.15) is 0 Å². The number of benzene rings is 7. The molecule has 8 aromatic rings. The lowest BCUT2D eigenvalue weighted by atomic mass is 9.78. The molecule has 2 aliphatic carbocycles. The summed E-state index contributed by atoms with van der Waals surface area (Å²) in [5.74, 6) is 0.655. The molecule has 248 valence electrons. The van der Waals surface area contributed by atoms with Crippen molar-refractivity contribution in [2.45, 2.75) is 57.3 Å². The van der Waals surface area contributed by atoms with E-state index in [-0.39, 0.29) is 5.41 Å². The predicted molar refractivity (Wildman–Crippen MR) is 220 cm³/mol. The van der Waals surface area contributed by atoms with Crippen molar-refractivity contribution in [3.8, 4) is 22.3 Å². The molecule has 0 saturated heterocycles. The van der Waals surface area contributed by atoms with Crippen LogP contribution >= 0.6 is 11.3 Å². The molecular formula is C49H41NS. The Balaban J connectivity index is 1.26. The molecule has 1 nitrogen and oxygen atoms in total. The Bertz CT molecular complexity index is 2600. The summed E-state index contributed by atoms with van der Waals surface area (Å²) < 4.78 is 2.63. The van der Waals surface area contributed by atoms with Crippen LogP contribution < -0.4 is 4.90 Å². The molecule has 1 heterocycles. The highest BCUT2D eigenvalue weighted by molar-refractivity contribution is 7.26. The van der Waals surface area contributed by atoms with E-state index in [1.54, 1.807) is 5.56 Å². The Morgan fingerprint density at radius 1 is 0.569 bits per heavy atom. The van der Waals surface area contributed by atoms with Crippen molar-refractivity contribution in [3.63, 3.8) is 0 Å². The summed E-state index contributed by atoms with van der Waals surface area (Å²) >= 11 is 1.89. The molecule has 1 saturated carbocycles. The molecule has 10 rings (SSSR count). The van der Waals surface area contributed by atoms with Gasteiger partial charge < -0.3 is 4.90 Å². The van der Waals surface area contributed by atoms with Gasteiger partial charge in [0.25, 0.3) is 0 Å². The first-order valence-corrected chi connectivity index (χ1v) is 19.5. The summed E-state index contributed by atoms with van der Waals surface area (Å²) in [6.45, 7) is 4.88. The number of thiophene rings is 1. The van der Waals surface area contributed by atoms with Crippen molar-refractivity contribution < 1.29 is 0 Å². The number of anilines is 3. The van der Waals surface area contributed by atoms with Crippen LogP contribution in [-0.2, 0) is 5.41 Å². The monoisotopic (exact) mass is 675 g/mol. The van der Waals surface area contributed by atoms with Crippen molar-refractivity contribution in [1.82, 2.24) is 0 Å². The molecule has 2 heteroatoms. The Kier molecular flexibility index (Phi) is 7.18. The van der Waals surface area contributed by atoms with Gasteiger partial charge in [0, 0.05) is 36.8 Å². The largest absolute Gasteiger partial charge is 0.309 e. The summed E-state index contributed by atoms with van der Waals surface area (Å²) in [6.07, 6.45) is 6.67. The van der Waals surface area contributed by atoms with Crippen molar-refractivity contribution in [1.29, 1.82) is 0 Å². The minimum absolute atomic E-state index is 0.107. The van der Waals surface area contributed by atoms with Gasteiger partial charge in [0.05, 0.1) is 11.4 Å². The molecule has 0 aliphatic heterocycles. The summed E-state index contributed by atoms with van der Waals surface area (Å²) in [6, 6.07) is 54.8. The average Bonchev–Trinajstić information content (AvgIpc) is 3.68. The van der Waals surface area contributed by atoms with Crippen molar-refractivity contribution >= 4 is 59.3 Å². The minimum atomic E-state index is -0.107. The molecule has 1 fully saturated rings. The van der Waals surface area contributed by atoms with E-state index in [0.29, 0.717) is 5.92 Å². The number of hydrogen-bond acceptors (Lipinski definition) is 2. The first kappa shape index (κ1) is 30.6. The van der Waals surface area contributed by atoms with Crippen LogP contribution in [0.1, 0.15) is 68.6 Å². The van der Waals surface area contributed by atoms with Gasteiger partial charge in [0.15, 0.2) is 0 Å². The van der Waals surface area contributed by atoms with E-state index in [4.69, 9.17) is 0 Å². The van der Waals surface area contributed by atoms with Crippen LogP contribution in [0.25, 0.3) is 53.2 Å². The topological polar surface area (TPSA) is 3.24 Å². The number of nitrogens with zero attached hydrogens (tertiary/aromatic N) is 1. The summed E-state index contributed by atoms with van der Waals surface area (Å²) in [4.78, 5) is 2.57. The fourth-order valence-corrected chi connectivity index (χ4v) is 10.5. The molecular weight excluding hydrogens is 635 g/mol. The Labute approximate surface area is 304 Å². The van der Waals surface area contributed by atoms with E-state index in [0.717, 1.165) is 0 Å². The standard InChI is InChI=1S/C49H41NS/c1-49(2)40-23-13-22-37(32-15-5-3-6-16-32)47(40)38-29-28-35(31-41(38)49)50(42-24-14-26-45-48(42)39-21-11-12-25-44(39)51-45)43-30-27-33-17-9-10-20-36(33)46(43)34-18-7-4-8-19-34/h4,7-14,17-32H,3,5-6,15-16H2,1-2H3. The SMILES string of the molecule is CC1(C)c2cc(N(c3ccc4ccccc4c3-c3ccccc3)c3cccc4sc5ccccc5c34)ccc2-c2c(C3CCCCC3)cccc21. The van der Waals surface area contributed by atoms with Gasteiger partial charge in [-0.05, 0) is 99.3 Å². The van der Waals surface area contributed by atoms with Crippen molar-refractivity contribution in [3.05, 3.63) is 162 Å². The van der Waals surface area contributed by atoms with Gasteiger partial charge in [-0.15, -0.1) is 11.3 Å². The van der Waals surface area contributed by atoms with Crippen LogP contribution in [-0.4, -0.2) is 0 Å². The second kappa shape index (κ2) is 12.0. The number of hydrogen-bond donors (Lipinski definition) is 0. The van der Waals surface area contributed by atoms with Gasteiger partial charge in [-0.1, -0.05) is 142 Å². The van der Waals surface area contributed by atoms with E-state index < -0.39 is 0 Å². The highest BCUT2D eigenvalue weighted by Gasteiger charge is 2.38. The number of fused-ring (bicyclic) bond motifs is 7. The van der Waals surface area contributed by atoms with Crippen molar-refractivity contribution in [2.24, 2.45) is 0 Å². The number of rotatable bonds is 5. The lowest BCUT2D eigenvalue weighted by molar-refractivity contribution is 0.444. The van der Waals surface area contributed by atoms with Crippen LogP contribution in [0.5, 0.6) is 0 Å². The minimum Gasteiger partial charge on any atom is -0.309 e. The molecule has 51 heavy (non-hydrogen) atoms. The van der Waals surface area contributed by atoms with Gasteiger partial charge >= 0.3 is 0 Å². The van der Waals surface area contributed by atoms with Gasteiger partial charge in [-0.25, -0.2) is 0 Å². The van der Waals surface area contributed by atoms with Gasteiger partial charge in [-0.2, -0.15) is 0 Å². The maximum Gasteiger partial charge on any atom is 0.0555 e. The zero-order valence-electron chi connectivity index (χ0n) is 29.3. The van der Waals surface area contributed by atoms with Crippen LogP contribution in [0.4, 0.5) is 17.1 Å². The Morgan fingerprint density at radius 3 is 2.18 bits per heavy atom. The summed E-state index contributed by atoms with van der Waals surface area (Å²) in [5.41, 5.74) is 13.4. The molecule has 1 aromatic heterocycles. The summed E-state index contributed by atoms with van der Waals surface area (Å²) in [5, 5.41) is 5.14. The quantitative estimate of drug-likeness (QED) is 0.175. The normalized spacial score (nSPS) is 15.3. The molecule has 0 unspecified atom stereocenters. The van der Waals surface area contributed by atoms with Crippen LogP contribution in [0.3, 0.4) is 0 Å². The van der Waals surface area contributed by atoms with Crippen LogP contribution in [0.15, 0.2) is 146 Å². The zero-order valence-corrected chi connectivity index (χ0v) is 30.1. The van der Waals surface area contributed by atoms with Crippen LogP contribution in [0, 0.1) is 0 Å². The highest BCUT2D eigenvalue weighted by Crippen LogP contribution is 2.55.